The van der Waals surface area contributed by atoms with E-state index in [1.54, 1.807) is 19.1 Å². The van der Waals surface area contributed by atoms with Crippen LogP contribution in [0.5, 0.6) is 0 Å². The Bertz CT molecular complexity index is 701. The van der Waals surface area contributed by atoms with Crippen LogP contribution in [0.3, 0.4) is 0 Å². The molecule has 0 amide bonds. The molecule has 0 aromatic heterocycles. The van der Waals surface area contributed by atoms with Gasteiger partial charge in [-0.15, -0.1) is 0 Å². The lowest BCUT2D eigenvalue weighted by Gasteiger charge is -2.23. The number of nitriles is 1. The van der Waals surface area contributed by atoms with Crippen LogP contribution in [0, 0.1) is 17.2 Å². The summed E-state index contributed by atoms with van der Waals surface area (Å²) in [5.41, 5.74) is 1.40. The predicted octanol–water partition coefficient (Wildman–Crippen LogP) is 2.54. The molecule has 4 nitrogen and oxygen atoms in total. The largest absolute Gasteiger partial charge is 0.241 e. The van der Waals surface area contributed by atoms with E-state index in [0.29, 0.717) is 0 Å². The van der Waals surface area contributed by atoms with E-state index >= 15 is 0 Å². The van der Waals surface area contributed by atoms with Gasteiger partial charge in [0.05, 0.1) is 11.0 Å². The molecule has 21 heavy (non-hydrogen) atoms. The van der Waals surface area contributed by atoms with Crippen LogP contribution in [0.4, 0.5) is 0 Å². The van der Waals surface area contributed by atoms with Crippen molar-refractivity contribution >= 4 is 10.0 Å². The van der Waals surface area contributed by atoms with E-state index in [0.717, 1.165) is 37.7 Å². The van der Waals surface area contributed by atoms with E-state index in [9.17, 15) is 13.7 Å². The zero-order chi connectivity index (χ0) is 15.1. The Hall–Kier alpha value is -1.38. The monoisotopic (exact) mass is 304 g/mol. The number of fused-ring (bicyclic) bond motifs is 1. The van der Waals surface area contributed by atoms with Gasteiger partial charge in [0.1, 0.15) is 5.54 Å². The van der Waals surface area contributed by atoms with Crippen molar-refractivity contribution in [2.45, 2.75) is 55.9 Å². The summed E-state index contributed by atoms with van der Waals surface area (Å²) in [5, 5.41) is 9.32. The summed E-state index contributed by atoms with van der Waals surface area (Å²) in [6, 6.07) is 7.50. The maximum absolute atomic E-state index is 12.6. The van der Waals surface area contributed by atoms with Gasteiger partial charge in [0.2, 0.25) is 10.0 Å². The van der Waals surface area contributed by atoms with Crippen molar-refractivity contribution in [1.82, 2.24) is 4.72 Å². The lowest BCUT2D eigenvalue weighted by atomic mass is 9.92. The van der Waals surface area contributed by atoms with Crippen LogP contribution in [-0.2, 0) is 22.9 Å². The van der Waals surface area contributed by atoms with E-state index in [-0.39, 0.29) is 10.8 Å². The molecule has 0 unspecified atom stereocenters. The number of sulfonamides is 1. The first-order valence-corrected chi connectivity index (χ1v) is 9.00. The first kappa shape index (κ1) is 14.6. The molecule has 1 saturated carbocycles. The van der Waals surface area contributed by atoms with Crippen molar-refractivity contribution < 1.29 is 8.42 Å². The summed E-state index contributed by atoms with van der Waals surface area (Å²) in [4.78, 5) is 0.283. The lowest BCUT2D eigenvalue weighted by Crippen LogP contribution is -2.46. The van der Waals surface area contributed by atoms with Crippen molar-refractivity contribution in [3.8, 4) is 6.07 Å². The molecule has 1 N–H and O–H groups in total. The third-order valence-electron chi connectivity index (χ3n) is 4.60. The van der Waals surface area contributed by atoms with Gasteiger partial charge in [-0.25, -0.2) is 8.42 Å². The van der Waals surface area contributed by atoms with Crippen LogP contribution < -0.4 is 4.72 Å². The molecular weight excluding hydrogens is 284 g/mol. The molecule has 1 fully saturated rings. The summed E-state index contributed by atoms with van der Waals surface area (Å²) < 4.78 is 27.7. The van der Waals surface area contributed by atoms with E-state index in [1.807, 2.05) is 6.07 Å². The second kappa shape index (κ2) is 5.11. The van der Waals surface area contributed by atoms with Crippen LogP contribution in [-0.4, -0.2) is 14.0 Å². The highest BCUT2D eigenvalue weighted by Gasteiger charge is 2.44. The van der Waals surface area contributed by atoms with E-state index in [2.05, 4.69) is 10.8 Å². The van der Waals surface area contributed by atoms with Gasteiger partial charge in [-0.05, 0) is 74.6 Å². The molecule has 1 aromatic carbocycles. The van der Waals surface area contributed by atoms with E-state index in [4.69, 9.17) is 0 Å². The topological polar surface area (TPSA) is 70.0 Å². The van der Waals surface area contributed by atoms with Gasteiger partial charge in [0.25, 0.3) is 0 Å². The molecule has 1 atom stereocenters. The normalized spacial score (nSPS) is 21.1. The first-order chi connectivity index (χ1) is 9.94. The Morgan fingerprint density at radius 2 is 1.90 bits per heavy atom. The fraction of sp³-hybridized carbons (Fsp3) is 0.562. The lowest BCUT2D eigenvalue weighted by molar-refractivity contribution is 0.458. The van der Waals surface area contributed by atoms with Crippen LogP contribution in [0.15, 0.2) is 23.1 Å². The molecule has 0 heterocycles. The second-order valence-electron chi connectivity index (χ2n) is 6.33. The number of hydrogen-bond donors (Lipinski definition) is 1. The van der Waals surface area contributed by atoms with Crippen molar-refractivity contribution in [2.24, 2.45) is 5.92 Å². The number of nitrogens with zero attached hydrogens (tertiary/aromatic N) is 1. The van der Waals surface area contributed by atoms with Gasteiger partial charge in [0, 0.05) is 0 Å². The summed E-state index contributed by atoms with van der Waals surface area (Å²) >= 11 is 0. The van der Waals surface area contributed by atoms with Crippen molar-refractivity contribution in [2.75, 3.05) is 0 Å². The average molecular weight is 304 g/mol. The first-order valence-electron chi connectivity index (χ1n) is 7.52. The number of aryl methyl sites for hydroxylation is 2. The highest BCUT2D eigenvalue weighted by atomic mass is 32.2. The van der Waals surface area contributed by atoms with Crippen molar-refractivity contribution in [3.05, 3.63) is 29.3 Å². The Balaban J connectivity index is 1.90. The molecule has 0 bridgehead atoms. The maximum Gasteiger partial charge on any atom is 0.241 e. The van der Waals surface area contributed by atoms with Crippen LogP contribution in [0.25, 0.3) is 0 Å². The molecule has 2 aliphatic carbocycles. The zero-order valence-electron chi connectivity index (χ0n) is 12.2. The molecule has 0 saturated heterocycles. The fourth-order valence-corrected chi connectivity index (χ4v) is 4.51. The Kier molecular flexibility index (Phi) is 3.54. The third-order valence-corrected chi connectivity index (χ3v) is 6.17. The number of nitrogens with one attached hydrogen (secondary N) is 1. The van der Waals surface area contributed by atoms with Gasteiger partial charge in [-0.3, -0.25) is 0 Å². The number of rotatable bonds is 4. The van der Waals surface area contributed by atoms with Crippen LogP contribution in [0.1, 0.15) is 43.7 Å². The van der Waals surface area contributed by atoms with Gasteiger partial charge in [0.15, 0.2) is 0 Å². The van der Waals surface area contributed by atoms with Crippen LogP contribution in [0.2, 0.25) is 0 Å². The molecule has 112 valence electrons. The fourth-order valence-electron chi connectivity index (χ4n) is 3.07. The minimum Gasteiger partial charge on any atom is -0.207 e. The van der Waals surface area contributed by atoms with E-state index in [1.165, 1.54) is 12.0 Å². The maximum atomic E-state index is 12.6. The number of hydrogen-bond acceptors (Lipinski definition) is 3. The van der Waals surface area contributed by atoms with Crippen LogP contribution >= 0.6 is 0 Å². The summed E-state index contributed by atoms with van der Waals surface area (Å²) in [5.74, 6) is 0.134. The zero-order valence-corrected chi connectivity index (χ0v) is 13.0. The van der Waals surface area contributed by atoms with Crippen molar-refractivity contribution in [1.29, 1.82) is 5.26 Å². The highest BCUT2D eigenvalue weighted by Crippen LogP contribution is 2.40. The third kappa shape index (κ3) is 2.83. The highest BCUT2D eigenvalue weighted by molar-refractivity contribution is 7.89. The smallest absolute Gasteiger partial charge is 0.207 e. The van der Waals surface area contributed by atoms with E-state index < -0.39 is 15.6 Å². The molecule has 0 spiro atoms. The molecule has 1 aromatic rings. The molecule has 3 rings (SSSR count). The molecule has 5 heteroatoms. The summed E-state index contributed by atoms with van der Waals surface area (Å²) in [7, 11) is -3.64. The van der Waals surface area contributed by atoms with Gasteiger partial charge >= 0.3 is 0 Å². The minimum atomic E-state index is -3.64. The molecule has 2 aliphatic rings. The molecular formula is C16H20N2O2S. The second-order valence-corrected chi connectivity index (χ2v) is 8.01. The molecule has 0 radical (unpaired) electrons. The van der Waals surface area contributed by atoms with Gasteiger partial charge in [-0.2, -0.15) is 9.98 Å². The summed E-state index contributed by atoms with van der Waals surface area (Å²) in [6.07, 6.45) is 6.08. The standard InChI is InChI=1S/C16H20N2O2S/c1-16(11-17,14-7-8-14)18-21(19,20)15-9-6-12-4-2-3-5-13(12)10-15/h6,9-10,14,18H,2-5,7-8H2,1H3/t16-/m1/s1. The average Bonchev–Trinajstić information content (AvgIpc) is 3.31. The Morgan fingerprint density at radius 3 is 2.52 bits per heavy atom. The molecule has 0 aliphatic heterocycles. The Labute approximate surface area is 126 Å². The quantitative estimate of drug-likeness (QED) is 0.929. The number of benzene rings is 1. The van der Waals surface area contributed by atoms with Crippen molar-refractivity contribution in [3.63, 3.8) is 0 Å². The van der Waals surface area contributed by atoms with Gasteiger partial charge < -0.3 is 0 Å². The minimum absolute atomic E-state index is 0.134. The SMILES string of the molecule is C[C@](C#N)(NS(=O)(=O)c1ccc2c(c1)CCCC2)C1CC1. The Morgan fingerprint density at radius 1 is 1.24 bits per heavy atom. The summed E-state index contributed by atoms with van der Waals surface area (Å²) in [6.45, 7) is 1.68. The predicted molar refractivity (Wildman–Crippen MR) is 80.1 cm³/mol. The van der Waals surface area contributed by atoms with Gasteiger partial charge in [-0.1, -0.05) is 6.07 Å².